The molecule has 118 valence electrons. The Morgan fingerprint density at radius 2 is 1.81 bits per heavy atom. The first-order valence-electron chi connectivity index (χ1n) is 6.87. The summed E-state index contributed by atoms with van der Waals surface area (Å²) < 4.78 is 26.9. The normalized spacial score (nSPS) is 13.2. The molecule has 21 heavy (non-hydrogen) atoms. The van der Waals surface area contributed by atoms with Crippen LogP contribution < -0.4 is 14.9 Å². The summed E-state index contributed by atoms with van der Waals surface area (Å²) in [5.74, 6) is 0.0622. The van der Waals surface area contributed by atoms with Gasteiger partial charge in [0.15, 0.2) is 0 Å². The van der Waals surface area contributed by atoms with E-state index in [1.54, 1.807) is 12.1 Å². The molecule has 0 heterocycles. The van der Waals surface area contributed by atoms with Gasteiger partial charge in [0.25, 0.3) is 0 Å². The summed E-state index contributed by atoms with van der Waals surface area (Å²) >= 11 is 0. The molecule has 3 N–H and O–H groups in total. The SMILES string of the molecule is CC(=O)Nc1ccc(S(=O)(=O)NC[C@H](C)C[NH+](C)C)cc1. The summed E-state index contributed by atoms with van der Waals surface area (Å²) in [7, 11) is 0.559. The third-order valence-electron chi connectivity index (χ3n) is 2.86. The van der Waals surface area contributed by atoms with Gasteiger partial charge in [0, 0.05) is 25.1 Å². The molecule has 0 saturated carbocycles. The molecule has 0 bridgehead atoms. The van der Waals surface area contributed by atoms with E-state index < -0.39 is 10.0 Å². The second-order valence-electron chi connectivity index (χ2n) is 5.57. The molecule has 0 radical (unpaired) electrons. The molecular weight excluding hydrogens is 290 g/mol. The molecule has 7 heteroatoms. The van der Waals surface area contributed by atoms with Crippen molar-refractivity contribution in [2.75, 3.05) is 32.5 Å². The lowest BCUT2D eigenvalue weighted by Crippen LogP contribution is -3.06. The monoisotopic (exact) mass is 314 g/mol. The number of carbonyl (C=O) groups is 1. The number of amides is 1. The Labute approximate surface area is 126 Å². The standard InChI is InChI=1S/C14H23N3O3S/c1-11(10-17(3)4)9-15-21(19,20)14-7-5-13(6-8-14)16-12(2)18/h5-8,11,15H,9-10H2,1-4H3,(H,16,18)/p+1/t11-/m0/s1. The van der Waals surface area contributed by atoms with Crippen LogP contribution in [0.5, 0.6) is 0 Å². The number of rotatable bonds is 7. The van der Waals surface area contributed by atoms with E-state index in [0.29, 0.717) is 12.2 Å². The average molecular weight is 314 g/mol. The second-order valence-corrected chi connectivity index (χ2v) is 7.34. The van der Waals surface area contributed by atoms with Crippen molar-refractivity contribution in [1.29, 1.82) is 0 Å². The van der Waals surface area contributed by atoms with Gasteiger partial charge in [0.2, 0.25) is 15.9 Å². The zero-order valence-corrected chi connectivity index (χ0v) is 13.8. The van der Waals surface area contributed by atoms with Gasteiger partial charge in [-0.1, -0.05) is 6.92 Å². The molecule has 1 atom stereocenters. The fourth-order valence-electron chi connectivity index (χ4n) is 2.03. The van der Waals surface area contributed by atoms with Crippen LogP contribution in [0.15, 0.2) is 29.2 Å². The topological polar surface area (TPSA) is 79.7 Å². The predicted octanol–water partition coefficient (Wildman–Crippen LogP) is -0.296. The molecule has 0 fully saturated rings. The van der Waals surface area contributed by atoms with E-state index >= 15 is 0 Å². The van der Waals surface area contributed by atoms with Crippen molar-refractivity contribution >= 4 is 21.6 Å². The largest absolute Gasteiger partial charge is 0.340 e. The fourth-order valence-corrected chi connectivity index (χ4v) is 3.19. The van der Waals surface area contributed by atoms with Crippen molar-refractivity contribution in [3.05, 3.63) is 24.3 Å². The minimum atomic E-state index is -3.51. The van der Waals surface area contributed by atoms with Crippen LogP contribution in [0.3, 0.4) is 0 Å². The van der Waals surface area contributed by atoms with Crippen molar-refractivity contribution in [3.63, 3.8) is 0 Å². The lowest BCUT2D eigenvalue weighted by molar-refractivity contribution is -0.861. The maximum atomic E-state index is 12.2. The third-order valence-corrected chi connectivity index (χ3v) is 4.30. The van der Waals surface area contributed by atoms with E-state index in [4.69, 9.17) is 0 Å². The van der Waals surface area contributed by atoms with Gasteiger partial charge in [-0.25, -0.2) is 13.1 Å². The molecular formula is C14H24N3O3S+. The van der Waals surface area contributed by atoms with Gasteiger partial charge in [0.05, 0.1) is 25.5 Å². The summed E-state index contributed by atoms with van der Waals surface area (Å²) in [5.41, 5.74) is 0.575. The van der Waals surface area contributed by atoms with Crippen molar-refractivity contribution in [1.82, 2.24) is 4.72 Å². The van der Waals surface area contributed by atoms with E-state index in [2.05, 4.69) is 10.0 Å². The Hall–Kier alpha value is -1.44. The zero-order valence-electron chi connectivity index (χ0n) is 12.9. The van der Waals surface area contributed by atoms with Gasteiger partial charge in [-0.05, 0) is 24.3 Å². The number of quaternary nitrogens is 1. The van der Waals surface area contributed by atoms with Crippen molar-refractivity contribution < 1.29 is 18.1 Å². The van der Waals surface area contributed by atoms with Crippen LogP contribution in [-0.2, 0) is 14.8 Å². The van der Waals surface area contributed by atoms with Crippen LogP contribution >= 0.6 is 0 Å². The quantitative estimate of drug-likeness (QED) is 0.647. The molecule has 1 aromatic rings. The maximum absolute atomic E-state index is 12.2. The fraction of sp³-hybridized carbons (Fsp3) is 0.500. The highest BCUT2D eigenvalue weighted by Crippen LogP contribution is 2.14. The summed E-state index contributed by atoms with van der Waals surface area (Å²) in [4.78, 5) is 12.4. The molecule has 0 aliphatic rings. The number of hydrogen-bond acceptors (Lipinski definition) is 3. The van der Waals surface area contributed by atoms with E-state index in [1.807, 2.05) is 21.0 Å². The van der Waals surface area contributed by atoms with Crippen molar-refractivity contribution in [2.24, 2.45) is 5.92 Å². The van der Waals surface area contributed by atoms with Crippen LogP contribution in [-0.4, -0.2) is 41.5 Å². The molecule has 0 aliphatic carbocycles. The molecule has 0 aromatic heterocycles. The Bertz CT molecular complexity index is 568. The highest BCUT2D eigenvalue weighted by atomic mass is 32.2. The van der Waals surface area contributed by atoms with Crippen LogP contribution in [0.25, 0.3) is 0 Å². The number of hydrogen-bond donors (Lipinski definition) is 3. The Morgan fingerprint density at radius 3 is 2.29 bits per heavy atom. The zero-order chi connectivity index (χ0) is 16.0. The van der Waals surface area contributed by atoms with Crippen LogP contribution in [0.4, 0.5) is 5.69 Å². The molecule has 0 aliphatic heterocycles. The number of anilines is 1. The number of sulfonamides is 1. The minimum absolute atomic E-state index is 0.191. The summed E-state index contributed by atoms with van der Waals surface area (Å²) in [6, 6.07) is 6.11. The van der Waals surface area contributed by atoms with Gasteiger partial charge >= 0.3 is 0 Å². The first kappa shape index (κ1) is 17.6. The lowest BCUT2D eigenvalue weighted by Gasteiger charge is -2.15. The van der Waals surface area contributed by atoms with Gasteiger partial charge in [-0.15, -0.1) is 0 Å². The van der Waals surface area contributed by atoms with Crippen LogP contribution in [0.1, 0.15) is 13.8 Å². The number of nitrogens with one attached hydrogen (secondary N) is 3. The van der Waals surface area contributed by atoms with E-state index in [0.717, 1.165) is 6.54 Å². The van der Waals surface area contributed by atoms with Gasteiger partial charge < -0.3 is 10.2 Å². The number of benzene rings is 1. The predicted molar refractivity (Wildman–Crippen MR) is 82.8 cm³/mol. The highest BCUT2D eigenvalue weighted by Gasteiger charge is 2.16. The molecule has 1 amide bonds. The third kappa shape index (κ3) is 6.24. The Morgan fingerprint density at radius 1 is 1.24 bits per heavy atom. The Kier molecular flexibility index (Phi) is 6.32. The first-order chi connectivity index (χ1) is 9.70. The van der Waals surface area contributed by atoms with Crippen LogP contribution in [0, 0.1) is 5.92 Å². The Balaban J connectivity index is 2.68. The van der Waals surface area contributed by atoms with Crippen molar-refractivity contribution in [2.45, 2.75) is 18.7 Å². The van der Waals surface area contributed by atoms with Crippen molar-refractivity contribution in [3.8, 4) is 0 Å². The molecule has 0 spiro atoms. The van der Waals surface area contributed by atoms with Gasteiger partial charge in [-0.3, -0.25) is 4.79 Å². The summed E-state index contributed by atoms with van der Waals surface area (Å²) in [5, 5.41) is 2.60. The van der Waals surface area contributed by atoms with E-state index in [-0.39, 0.29) is 16.7 Å². The maximum Gasteiger partial charge on any atom is 0.240 e. The number of carbonyl (C=O) groups excluding carboxylic acids is 1. The van der Waals surface area contributed by atoms with Crippen LogP contribution in [0.2, 0.25) is 0 Å². The lowest BCUT2D eigenvalue weighted by atomic mass is 10.2. The molecule has 1 aromatic carbocycles. The smallest absolute Gasteiger partial charge is 0.240 e. The van der Waals surface area contributed by atoms with Gasteiger partial charge in [0.1, 0.15) is 0 Å². The van der Waals surface area contributed by atoms with E-state index in [9.17, 15) is 13.2 Å². The van der Waals surface area contributed by atoms with E-state index in [1.165, 1.54) is 24.0 Å². The summed E-state index contributed by atoms with van der Waals surface area (Å²) in [6.07, 6.45) is 0. The second kappa shape index (κ2) is 7.53. The summed E-state index contributed by atoms with van der Waals surface area (Å²) in [6.45, 7) is 4.71. The molecule has 0 saturated heterocycles. The molecule has 1 rings (SSSR count). The average Bonchev–Trinajstić information content (AvgIpc) is 2.36. The minimum Gasteiger partial charge on any atom is -0.340 e. The first-order valence-corrected chi connectivity index (χ1v) is 8.35. The van der Waals surface area contributed by atoms with Gasteiger partial charge in [-0.2, -0.15) is 0 Å². The molecule has 6 nitrogen and oxygen atoms in total. The highest BCUT2D eigenvalue weighted by molar-refractivity contribution is 7.89. The molecule has 0 unspecified atom stereocenters.